The second-order valence-corrected chi connectivity index (χ2v) is 4.24. The fraction of sp³-hybridized carbons (Fsp3) is 0.200. The number of aryl methyl sites for hydroxylation is 1. The van der Waals surface area contributed by atoms with E-state index in [1.54, 1.807) is 12.1 Å². The van der Waals surface area contributed by atoms with Crippen molar-refractivity contribution in [2.24, 2.45) is 0 Å². The van der Waals surface area contributed by atoms with Crippen LogP contribution in [-0.2, 0) is 13.0 Å². The summed E-state index contributed by atoms with van der Waals surface area (Å²) in [7, 11) is 0. The number of carbonyl (C=O) groups is 1. The first kappa shape index (κ1) is 13.1. The molecule has 1 N–H and O–H groups in total. The number of hydrogen-bond donors (Lipinski definition) is 1. The molecule has 0 aliphatic carbocycles. The highest BCUT2D eigenvalue weighted by molar-refractivity contribution is 5.87. The SMILES string of the molecule is C=CCn1nc(-c2ccc(CC)cc2)cc1C(=O)O. The Bertz CT molecular complexity index is 597. The number of aromatic nitrogens is 2. The monoisotopic (exact) mass is 256 g/mol. The van der Waals surface area contributed by atoms with Crippen molar-refractivity contribution in [1.29, 1.82) is 0 Å². The first-order valence-corrected chi connectivity index (χ1v) is 6.17. The van der Waals surface area contributed by atoms with Gasteiger partial charge in [-0.25, -0.2) is 4.79 Å². The normalized spacial score (nSPS) is 10.4. The molecule has 0 saturated heterocycles. The lowest BCUT2D eigenvalue weighted by Crippen LogP contribution is -2.08. The van der Waals surface area contributed by atoms with Crippen LogP contribution < -0.4 is 0 Å². The molecule has 0 saturated carbocycles. The van der Waals surface area contributed by atoms with Crippen molar-refractivity contribution in [3.05, 3.63) is 54.2 Å². The predicted molar refractivity (Wildman–Crippen MR) is 74.2 cm³/mol. The third kappa shape index (κ3) is 2.73. The van der Waals surface area contributed by atoms with Crippen LogP contribution in [0.2, 0.25) is 0 Å². The molecule has 0 bridgehead atoms. The van der Waals surface area contributed by atoms with Crippen LogP contribution in [0.3, 0.4) is 0 Å². The van der Waals surface area contributed by atoms with E-state index in [1.165, 1.54) is 10.2 Å². The highest BCUT2D eigenvalue weighted by Gasteiger charge is 2.14. The van der Waals surface area contributed by atoms with Crippen LogP contribution in [0.4, 0.5) is 0 Å². The molecule has 0 fully saturated rings. The topological polar surface area (TPSA) is 55.1 Å². The Balaban J connectivity index is 2.41. The zero-order valence-electron chi connectivity index (χ0n) is 10.8. The molecular weight excluding hydrogens is 240 g/mol. The Morgan fingerprint density at radius 2 is 2.11 bits per heavy atom. The predicted octanol–water partition coefficient (Wildman–Crippen LogP) is 3.00. The average molecular weight is 256 g/mol. The summed E-state index contributed by atoms with van der Waals surface area (Å²) in [5, 5.41) is 13.5. The molecule has 0 aliphatic rings. The van der Waals surface area contributed by atoms with Crippen LogP contribution in [0, 0.1) is 0 Å². The summed E-state index contributed by atoms with van der Waals surface area (Å²) in [4.78, 5) is 11.1. The summed E-state index contributed by atoms with van der Waals surface area (Å²) in [6.45, 7) is 6.08. The summed E-state index contributed by atoms with van der Waals surface area (Å²) in [6, 6.07) is 9.58. The smallest absolute Gasteiger partial charge is 0.354 e. The van der Waals surface area contributed by atoms with Crippen LogP contribution >= 0.6 is 0 Å². The number of benzene rings is 1. The van der Waals surface area contributed by atoms with E-state index < -0.39 is 5.97 Å². The molecule has 98 valence electrons. The molecule has 4 heteroatoms. The largest absolute Gasteiger partial charge is 0.477 e. The van der Waals surface area contributed by atoms with Crippen molar-refractivity contribution in [1.82, 2.24) is 9.78 Å². The first-order chi connectivity index (χ1) is 9.15. The highest BCUT2D eigenvalue weighted by atomic mass is 16.4. The molecule has 1 aromatic carbocycles. The minimum Gasteiger partial charge on any atom is -0.477 e. The van der Waals surface area contributed by atoms with Gasteiger partial charge < -0.3 is 5.11 Å². The molecule has 0 amide bonds. The van der Waals surface area contributed by atoms with E-state index >= 15 is 0 Å². The van der Waals surface area contributed by atoms with Gasteiger partial charge >= 0.3 is 5.97 Å². The fourth-order valence-electron chi connectivity index (χ4n) is 1.90. The second kappa shape index (κ2) is 5.52. The van der Waals surface area contributed by atoms with Gasteiger partial charge in [0.2, 0.25) is 0 Å². The number of carboxylic acids is 1. The van der Waals surface area contributed by atoms with Crippen LogP contribution in [-0.4, -0.2) is 20.9 Å². The third-order valence-corrected chi connectivity index (χ3v) is 2.96. The zero-order valence-corrected chi connectivity index (χ0v) is 10.8. The summed E-state index contributed by atoms with van der Waals surface area (Å²) in [5.74, 6) is -0.981. The van der Waals surface area contributed by atoms with E-state index in [2.05, 4.69) is 18.6 Å². The maximum Gasteiger partial charge on any atom is 0.354 e. The minimum absolute atomic E-state index is 0.175. The van der Waals surface area contributed by atoms with Crippen molar-refractivity contribution in [3.63, 3.8) is 0 Å². The second-order valence-electron chi connectivity index (χ2n) is 4.24. The molecule has 19 heavy (non-hydrogen) atoms. The standard InChI is InChI=1S/C15H16N2O2/c1-3-9-17-14(15(18)19)10-13(16-17)12-7-5-11(4-2)6-8-12/h3,5-8,10H,1,4,9H2,2H3,(H,18,19). The first-order valence-electron chi connectivity index (χ1n) is 6.17. The van der Waals surface area contributed by atoms with Crippen LogP contribution in [0.1, 0.15) is 23.0 Å². The Kier molecular flexibility index (Phi) is 3.80. The number of allylic oxidation sites excluding steroid dienone is 1. The molecule has 1 aromatic heterocycles. The highest BCUT2D eigenvalue weighted by Crippen LogP contribution is 2.20. The molecule has 0 radical (unpaired) electrons. The maximum atomic E-state index is 11.1. The van der Waals surface area contributed by atoms with Crippen LogP contribution in [0.25, 0.3) is 11.3 Å². The number of nitrogens with zero attached hydrogens (tertiary/aromatic N) is 2. The number of aromatic carboxylic acids is 1. The van der Waals surface area contributed by atoms with E-state index in [4.69, 9.17) is 5.11 Å². The molecular formula is C15H16N2O2. The van der Waals surface area contributed by atoms with Crippen molar-refractivity contribution in [2.75, 3.05) is 0 Å². The quantitative estimate of drug-likeness (QED) is 0.837. The van der Waals surface area contributed by atoms with E-state index in [0.29, 0.717) is 12.2 Å². The van der Waals surface area contributed by atoms with Crippen molar-refractivity contribution >= 4 is 5.97 Å². The molecule has 1 heterocycles. The van der Waals surface area contributed by atoms with Gasteiger partial charge in [0.15, 0.2) is 0 Å². The number of hydrogen-bond acceptors (Lipinski definition) is 2. The van der Waals surface area contributed by atoms with E-state index in [1.807, 2.05) is 24.3 Å². The van der Waals surface area contributed by atoms with Gasteiger partial charge in [0.1, 0.15) is 5.69 Å². The fourth-order valence-corrected chi connectivity index (χ4v) is 1.90. The van der Waals surface area contributed by atoms with Gasteiger partial charge in [-0.2, -0.15) is 5.10 Å². The summed E-state index contributed by atoms with van der Waals surface area (Å²) in [5.41, 5.74) is 3.01. The van der Waals surface area contributed by atoms with Gasteiger partial charge in [-0.05, 0) is 18.1 Å². The van der Waals surface area contributed by atoms with Gasteiger partial charge in [-0.1, -0.05) is 37.3 Å². The van der Waals surface area contributed by atoms with Crippen LogP contribution in [0.5, 0.6) is 0 Å². The molecule has 0 aliphatic heterocycles. The van der Waals surface area contributed by atoms with Gasteiger partial charge in [-0.15, -0.1) is 6.58 Å². The van der Waals surface area contributed by atoms with Gasteiger partial charge in [0.25, 0.3) is 0 Å². The average Bonchev–Trinajstić information content (AvgIpc) is 2.83. The van der Waals surface area contributed by atoms with Crippen molar-refractivity contribution in [2.45, 2.75) is 19.9 Å². The lowest BCUT2D eigenvalue weighted by Gasteiger charge is -2.00. The Morgan fingerprint density at radius 1 is 1.42 bits per heavy atom. The zero-order chi connectivity index (χ0) is 13.8. The molecule has 2 rings (SSSR count). The molecule has 0 spiro atoms. The van der Waals surface area contributed by atoms with E-state index in [9.17, 15) is 4.79 Å². The van der Waals surface area contributed by atoms with Gasteiger partial charge in [-0.3, -0.25) is 4.68 Å². The molecule has 2 aromatic rings. The van der Waals surface area contributed by atoms with Crippen LogP contribution in [0.15, 0.2) is 43.0 Å². The van der Waals surface area contributed by atoms with Gasteiger partial charge in [0, 0.05) is 5.56 Å². The Morgan fingerprint density at radius 3 is 2.63 bits per heavy atom. The van der Waals surface area contributed by atoms with Gasteiger partial charge in [0.05, 0.1) is 12.2 Å². The Labute approximate surface area is 112 Å². The van der Waals surface area contributed by atoms with E-state index in [0.717, 1.165) is 12.0 Å². The third-order valence-electron chi connectivity index (χ3n) is 2.96. The molecule has 0 unspecified atom stereocenters. The Hall–Kier alpha value is -2.36. The lowest BCUT2D eigenvalue weighted by molar-refractivity contribution is 0.0684. The number of rotatable bonds is 5. The van der Waals surface area contributed by atoms with Crippen molar-refractivity contribution in [3.8, 4) is 11.3 Å². The molecule has 4 nitrogen and oxygen atoms in total. The van der Waals surface area contributed by atoms with E-state index in [-0.39, 0.29) is 5.69 Å². The summed E-state index contributed by atoms with van der Waals surface area (Å²) < 4.78 is 1.44. The number of carboxylic acid groups (broad SMARTS) is 1. The maximum absolute atomic E-state index is 11.1. The minimum atomic E-state index is -0.981. The lowest BCUT2D eigenvalue weighted by atomic mass is 10.1. The van der Waals surface area contributed by atoms with Crippen molar-refractivity contribution < 1.29 is 9.90 Å². The summed E-state index contributed by atoms with van der Waals surface area (Å²) in [6.07, 6.45) is 2.61. The molecule has 0 atom stereocenters. The summed E-state index contributed by atoms with van der Waals surface area (Å²) >= 11 is 0.